The molecule has 0 spiro atoms. The summed E-state index contributed by atoms with van der Waals surface area (Å²) in [5, 5.41) is 9.16. The Kier molecular flexibility index (Phi) is 3.28. The van der Waals surface area contributed by atoms with Gasteiger partial charge in [-0.25, -0.2) is 4.79 Å². The van der Waals surface area contributed by atoms with E-state index in [0.717, 1.165) is 25.3 Å². The molecule has 1 aromatic rings. The van der Waals surface area contributed by atoms with Crippen LogP contribution in [-0.4, -0.2) is 53.7 Å². The molecule has 0 amide bonds. The maximum Gasteiger partial charge on any atom is 0.339 e. The third-order valence-corrected chi connectivity index (χ3v) is 3.17. The largest absolute Gasteiger partial charge is 0.478 e. The number of likely N-dealkylation sites (N-methyl/N-ethyl adjacent to an activating group) is 1. The number of anilines is 1. The van der Waals surface area contributed by atoms with Gasteiger partial charge in [0, 0.05) is 38.1 Å². The summed E-state index contributed by atoms with van der Waals surface area (Å²) in [5.41, 5.74) is 1.05. The molecule has 2 heterocycles. The molecule has 17 heavy (non-hydrogen) atoms. The van der Waals surface area contributed by atoms with E-state index in [-0.39, 0.29) is 5.56 Å². The predicted molar refractivity (Wildman–Crippen MR) is 65.5 cm³/mol. The number of carboxylic acids is 1. The highest BCUT2D eigenvalue weighted by Crippen LogP contribution is 2.23. The van der Waals surface area contributed by atoms with Crippen molar-refractivity contribution < 1.29 is 9.90 Å². The molecule has 0 aliphatic carbocycles. The molecule has 2 rings (SSSR count). The summed E-state index contributed by atoms with van der Waals surface area (Å²) < 4.78 is 0. The second-order valence-electron chi connectivity index (χ2n) is 4.50. The van der Waals surface area contributed by atoms with Crippen molar-refractivity contribution in [2.75, 3.05) is 31.6 Å². The summed E-state index contributed by atoms with van der Waals surface area (Å²) in [4.78, 5) is 19.4. The van der Waals surface area contributed by atoms with Crippen LogP contribution in [-0.2, 0) is 0 Å². The van der Waals surface area contributed by atoms with Gasteiger partial charge in [0.2, 0.25) is 0 Å². The predicted octanol–water partition coefficient (Wildman–Crippen LogP) is 0.920. The quantitative estimate of drug-likeness (QED) is 0.826. The van der Waals surface area contributed by atoms with Crippen molar-refractivity contribution in [3.8, 4) is 0 Å². The fourth-order valence-corrected chi connectivity index (χ4v) is 2.30. The van der Waals surface area contributed by atoms with Crippen LogP contribution < -0.4 is 4.90 Å². The van der Waals surface area contributed by atoms with E-state index in [2.05, 4.69) is 28.8 Å². The molecule has 1 aromatic heterocycles. The molecule has 1 atom stereocenters. The number of rotatable bonds is 2. The Morgan fingerprint density at radius 1 is 1.53 bits per heavy atom. The van der Waals surface area contributed by atoms with Crippen LogP contribution in [0.25, 0.3) is 0 Å². The Hall–Kier alpha value is -1.62. The van der Waals surface area contributed by atoms with Crippen LogP contribution in [0.4, 0.5) is 5.69 Å². The van der Waals surface area contributed by atoms with Crippen molar-refractivity contribution in [2.45, 2.75) is 13.0 Å². The van der Waals surface area contributed by atoms with Crippen LogP contribution in [0, 0.1) is 0 Å². The number of piperazine rings is 1. The highest BCUT2D eigenvalue weighted by Gasteiger charge is 2.25. The Labute approximate surface area is 101 Å². The van der Waals surface area contributed by atoms with Crippen molar-refractivity contribution in [3.63, 3.8) is 0 Å². The number of aromatic carboxylic acids is 1. The highest BCUT2D eigenvalue weighted by atomic mass is 16.4. The smallest absolute Gasteiger partial charge is 0.339 e. The molecule has 1 unspecified atom stereocenters. The van der Waals surface area contributed by atoms with Crippen LogP contribution in [0.5, 0.6) is 0 Å². The SMILES string of the molecule is CC1CN(C)CCN1c1ccncc1C(=O)O. The topological polar surface area (TPSA) is 56.7 Å². The van der Waals surface area contributed by atoms with Crippen molar-refractivity contribution in [3.05, 3.63) is 24.0 Å². The lowest BCUT2D eigenvalue weighted by molar-refractivity contribution is 0.0697. The Morgan fingerprint density at radius 3 is 2.94 bits per heavy atom. The molecular formula is C12H17N3O2. The van der Waals surface area contributed by atoms with Gasteiger partial charge in [0.25, 0.3) is 0 Å². The van der Waals surface area contributed by atoms with E-state index in [9.17, 15) is 4.79 Å². The van der Waals surface area contributed by atoms with Gasteiger partial charge in [0.05, 0.1) is 5.69 Å². The van der Waals surface area contributed by atoms with Crippen LogP contribution >= 0.6 is 0 Å². The number of pyridine rings is 1. The fourth-order valence-electron chi connectivity index (χ4n) is 2.30. The van der Waals surface area contributed by atoms with Gasteiger partial charge in [0.1, 0.15) is 5.56 Å². The minimum atomic E-state index is -0.917. The minimum Gasteiger partial charge on any atom is -0.478 e. The standard InChI is InChI=1S/C12H17N3O2/c1-9-8-14(2)5-6-15(9)11-3-4-13-7-10(11)12(16)17/h3-4,7,9H,5-6,8H2,1-2H3,(H,16,17). The fraction of sp³-hybridized carbons (Fsp3) is 0.500. The third-order valence-electron chi connectivity index (χ3n) is 3.17. The summed E-state index contributed by atoms with van der Waals surface area (Å²) in [6, 6.07) is 2.10. The summed E-state index contributed by atoms with van der Waals surface area (Å²) in [6.07, 6.45) is 3.06. The van der Waals surface area contributed by atoms with Gasteiger partial charge in [-0.3, -0.25) is 4.98 Å². The maximum atomic E-state index is 11.2. The van der Waals surface area contributed by atoms with Gasteiger partial charge in [-0.05, 0) is 20.0 Å². The van der Waals surface area contributed by atoms with Gasteiger partial charge >= 0.3 is 5.97 Å². The zero-order chi connectivity index (χ0) is 12.4. The lowest BCUT2D eigenvalue weighted by Crippen LogP contribution is -2.51. The number of carbonyl (C=O) groups is 1. The lowest BCUT2D eigenvalue weighted by atomic mass is 10.1. The van der Waals surface area contributed by atoms with Gasteiger partial charge in [-0.2, -0.15) is 0 Å². The Balaban J connectivity index is 2.30. The number of nitrogens with zero attached hydrogens (tertiary/aromatic N) is 3. The molecule has 1 fully saturated rings. The van der Waals surface area contributed by atoms with E-state index >= 15 is 0 Å². The normalized spacial score (nSPS) is 21.5. The van der Waals surface area contributed by atoms with E-state index in [1.165, 1.54) is 6.20 Å². The lowest BCUT2D eigenvalue weighted by Gasteiger charge is -2.40. The molecule has 0 saturated carbocycles. The molecule has 1 aliphatic heterocycles. The summed E-state index contributed by atoms with van der Waals surface area (Å²) in [6.45, 7) is 4.86. The van der Waals surface area contributed by atoms with Gasteiger partial charge in [0.15, 0.2) is 0 Å². The van der Waals surface area contributed by atoms with Crippen LogP contribution in [0.15, 0.2) is 18.5 Å². The molecular weight excluding hydrogens is 218 g/mol. The van der Waals surface area contributed by atoms with E-state index in [1.54, 1.807) is 12.3 Å². The first-order chi connectivity index (χ1) is 8.09. The number of aromatic nitrogens is 1. The minimum absolute atomic E-state index is 0.281. The Bertz CT molecular complexity index is 422. The average molecular weight is 235 g/mol. The summed E-state index contributed by atoms with van der Waals surface area (Å²) in [7, 11) is 2.08. The molecule has 5 nitrogen and oxygen atoms in total. The molecule has 92 valence electrons. The number of carboxylic acid groups (broad SMARTS) is 1. The summed E-state index contributed by atoms with van der Waals surface area (Å²) >= 11 is 0. The van der Waals surface area contributed by atoms with E-state index in [4.69, 9.17) is 5.11 Å². The maximum absolute atomic E-state index is 11.2. The first kappa shape index (κ1) is 11.9. The van der Waals surface area contributed by atoms with Crippen LogP contribution in [0.2, 0.25) is 0 Å². The zero-order valence-corrected chi connectivity index (χ0v) is 10.1. The second kappa shape index (κ2) is 4.71. The van der Waals surface area contributed by atoms with Gasteiger partial charge in [-0.1, -0.05) is 0 Å². The third kappa shape index (κ3) is 2.39. The molecule has 0 radical (unpaired) electrons. The second-order valence-corrected chi connectivity index (χ2v) is 4.50. The molecule has 1 N–H and O–H groups in total. The number of hydrogen-bond donors (Lipinski definition) is 1. The molecule has 5 heteroatoms. The first-order valence-electron chi connectivity index (χ1n) is 5.72. The number of hydrogen-bond acceptors (Lipinski definition) is 4. The van der Waals surface area contributed by atoms with Crippen molar-refractivity contribution in [2.24, 2.45) is 0 Å². The Morgan fingerprint density at radius 2 is 2.29 bits per heavy atom. The molecule has 1 saturated heterocycles. The van der Waals surface area contributed by atoms with Crippen molar-refractivity contribution in [1.29, 1.82) is 0 Å². The first-order valence-corrected chi connectivity index (χ1v) is 5.72. The van der Waals surface area contributed by atoms with Gasteiger partial charge in [-0.15, -0.1) is 0 Å². The van der Waals surface area contributed by atoms with E-state index in [0.29, 0.717) is 6.04 Å². The van der Waals surface area contributed by atoms with E-state index < -0.39 is 5.97 Å². The van der Waals surface area contributed by atoms with Crippen LogP contribution in [0.3, 0.4) is 0 Å². The molecule has 0 aromatic carbocycles. The van der Waals surface area contributed by atoms with E-state index in [1.807, 2.05) is 0 Å². The highest BCUT2D eigenvalue weighted by molar-refractivity contribution is 5.94. The van der Waals surface area contributed by atoms with Crippen molar-refractivity contribution >= 4 is 11.7 Å². The zero-order valence-electron chi connectivity index (χ0n) is 10.1. The average Bonchev–Trinajstić information content (AvgIpc) is 2.29. The van der Waals surface area contributed by atoms with Gasteiger partial charge < -0.3 is 14.9 Å². The summed E-state index contributed by atoms with van der Waals surface area (Å²) in [5.74, 6) is -0.917. The molecule has 1 aliphatic rings. The van der Waals surface area contributed by atoms with Crippen LogP contribution in [0.1, 0.15) is 17.3 Å². The monoisotopic (exact) mass is 235 g/mol. The molecule has 0 bridgehead atoms. The van der Waals surface area contributed by atoms with Crippen molar-refractivity contribution in [1.82, 2.24) is 9.88 Å².